The number of carboxylic acids is 1. The van der Waals surface area contributed by atoms with Crippen molar-refractivity contribution in [2.24, 2.45) is 5.92 Å². The summed E-state index contributed by atoms with van der Waals surface area (Å²) < 4.78 is 0. The SMILES string of the molecule is CN1CC[C@@H](O)[C@@H](CC(=O)O)C1. The number of carbonyl (C=O) groups is 1. The van der Waals surface area contributed by atoms with Gasteiger partial charge in [0, 0.05) is 19.0 Å². The number of likely N-dealkylation sites (tertiary alicyclic amines) is 1. The van der Waals surface area contributed by atoms with E-state index in [0.29, 0.717) is 13.0 Å². The van der Waals surface area contributed by atoms with Crippen molar-refractivity contribution in [1.82, 2.24) is 4.90 Å². The van der Waals surface area contributed by atoms with Gasteiger partial charge >= 0.3 is 5.97 Å². The molecule has 0 aromatic heterocycles. The van der Waals surface area contributed by atoms with Crippen molar-refractivity contribution in [1.29, 1.82) is 0 Å². The first-order valence-electron chi connectivity index (χ1n) is 4.18. The van der Waals surface area contributed by atoms with Crippen LogP contribution in [0.25, 0.3) is 0 Å². The van der Waals surface area contributed by atoms with Crippen LogP contribution in [0.5, 0.6) is 0 Å². The van der Waals surface area contributed by atoms with Crippen molar-refractivity contribution < 1.29 is 15.0 Å². The van der Waals surface area contributed by atoms with E-state index in [4.69, 9.17) is 5.11 Å². The third-order valence-corrected chi connectivity index (χ3v) is 2.33. The molecule has 0 saturated carbocycles. The number of piperidine rings is 1. The molecule has 0 radical (unpaired) electrons. The van der Waals surface area contributed by atoms with E-state index in [1.807, 2.05) is 7.05 Å². The molecule has 1 heterocycles. The third kappa shape index (κ3) is 2.46. The lowest BCUT2D eigenvalue weighted by Gasteiger charge is -2.32. The first-order chi connectivity index (χ1) is 5.59. The Balaban J connectivity index is 2.43. The number of rotatable bonds is 2. The summed E-state index contributed by atoms with van der Waals surface area (Å²) in [5, 5.41) is 18.0. The highest BCUT2D eigenvalue weighted by molar-refractivity contribution is 5.67. The molecule has 1 aliphatic heterocycles. The molecule has 4 nitrogen and oxygen atoms in total. The molecule has 1 rings (SSSR count). The van der Waals surface area contributed by atoms with E-state index in [-0.39, 0.29) is 12.3 Å². The second-order valence-electron chi connectivity index (χ2n) is 3.48. The second-order valence-corrected chi connectivity index (χ2v) is 3.48. The van der Waals surface area contributed by atoms with Crippen LogP contribution >= 0.6 is 0 Å². The lowest BCUT2D eigenvalue weighted by molar-refractivity contribution is -0.140. The highest BCUT2D eigenvalue weighted by atomic mass is 16.4. The minimum absolute atomic E-state index is 0.0749. The van der Waals surface area contributed by atoms with Crippen molar-refractivity contribution in [2.75, 3.05) is 20.1 Å². The zero-order valence-corrected chi connectivity index (χ0v) is 7.23. The van der Waals surface area contributed by atoms with Gasteiger partial charge in [-0.2, -0.15) is 0 Å². The van der Waals surface area contributed by atoms with Crippen molar-refractivity contribution in [3.8, 4) is 0 Å². The topological polar surface area (TPSA) is 60.8 Å². The van der Waals surface area contributed by atoms with E-state index in [9.17, 15) is 9.90 Å². The summed E-state index contributed by atoms with van der Waals surface area (Å²) in [4.78, 5) is 12.4. The molecule has 0 aliphatic carbocycles. The van der Waals surface area contributed by atoms with Crippen LogP contribution in [0.2, 0.25) is 0 Å². The smallest absolute Gasteiger partial charge is 0.303 e. The van der Waals surface area contributed by atoms with Gasteiger partial charge in [-0.25, -0.2) is 0 Å². The first kappa shape index (κ1) is 9.48. The van der Waals surface area contributed by atoms with Gasteiger partial charge in [0.15, 0.2) is 0 Å². The molecule has 2 atom stereocenters. The highest BCUT2D eigenvalue weighted by Gasteiger charge is 2.27. The van der Waals surface area contributed by atoms with Gasteiger partial charge in [0.1, 0.15) is 0 Å². The van der Waals surface area contributed by atoms with E-state index in [2.05, 4.69) is 4.90 Å². The van der Waals surface area contributed by atoms with Crippen LogP contribution in [0.1, 0.15) is 12.8 Å². The Morgan fingerprint density at radius 2 is 2.33 bits per heavy atom. The van der Waals surface area contributed by atoms with Crippen LogP contribution in [0.4, 0.5) is 0 Å². The summed E-state index contributed by atoms with van der Waals surface area (Å²) >= 11 is 0. The van der Waals surface area contributed by atoms with Crippen LogP contribution in [-0.4, -0.2) is 47.3 Å². The molecule has 12 heavy (non-hydrogen) atoms. The Morgan fingerprint density at radius 3 is 2.92 bits per heavy atom. The molecule has 0 aromatic rings. The Kier molecular flexibility index (Phi) is 3.05. The number of hydrogen-bond donors (Lipinski definition) is 2. The maximum Gasteiger partial charge on any atom is 0.303 e. The van der Waals surface area contributed by atoms with Gasteiger partial charge in [-0.05, 0) is 13.5 Å². The molecule has 0 spiro atoms. The van der Waals surface area contributed by atoms with Gasteiger partial charge in [-0.1, -0.05) is 0 Å². The summed E-state index contributed by atoms with van der Waals surface area (Å²) in [7, 11) is 1.95. The van der Waals surface area contributed by atoms with Crippen LogP contribution in [0.3, 0.4) is 0 Å². The Morgan fingerprint density at radius 1 is 1.67 bits per heavy atom. The fourth-order valence-corrected chi connectivity index (χ4v) is 1.63. The lowest BCUT2D eigenvalue weighted by Crippen LogP contribution is -2.41. The normalized spacial score (nSPS) is 31.8. The van der Waals surface area contributed by atoms with E-state index >= 15 is 0 Å². The number of nitrogens with zero attached hydrogens (tertiary/aromatic N) is 1. The predicted molar refractivity (Wildman–Crippen MR) is 43.9 cm³/mol. The van der Waals surface area contributed by atoms with Gasteiger partial charge in [-0.15, -0.1) is 0 Å². The molecule has 0 unspecified atom stereocenters. The van der Waals surface area contributed by atoms with Crippen LogP contribution in [-0.2, 0) is 4.79 Å². The largest absolute Gasteiger partial charge is 0.481 e. The Hall–Kier alpha value is -0.610. The molecule has 1 fully saturated rings. The summed E-state index contributed by atoms with van der Waals surface area (Å²) in [5.74, 6) is -0.921. The average Bonchev–Trinajstić information content (AvgIpc) is 1.96. The molecule has 70 valence electrons. The standard InChI is InChI=1S/C8H15NO3/c1-9-3-2-7(10)6(5-9)4-8(11)12/h6-7,10H,2-5H2,1H3,(H,11,12)/t6-,7+/m0/s1. The summed E-state index contributed by atoms with van der Waals surface area (Å²) in [6, 6.07) is 0. The Labute approximate surface area is 71.8 Å². The third-order valence-electron chi connectivity index (χ3n) is 2.33. The summed E-state index contributed by atoms with van der Waals surface area (Å²) in [5.41, 5.74) is 0. The molecule has 4 heteroatoms. The molecular formula is C8H15NO3. The van der Waals surface area contributed by atoms with Gasteiger partial charge in [0.2, 0.25) is 0 Å². The molecule has 0 bridgehead atoms. The monoisotopic (exact) mass is 173 g/mol. The molecule has 1 saturated heterocycles. The van der Waals surface area contributed by atoms with Crippen molar-refractivity contribution in [2.45, 2.75) is 18.9 Å². The van der Waals surface area contributed by atoms with Crippen molar-refractivity contribution in [3.63, 3.8) is 0 Å². The first-order valence-corrected chi connectivity index (χ1v) is 4.18. The molecular weight excluding hydrogens is 158 g/mol. The summed E-state index contributed by atoms with van der Waals surface area (Å²) in [6.45, 7) is 1.55. The Bertz CT molecular complexity index is 172. The van der Waals surface area contributed by atoms with Gasteiger partial charge in [0.05, 0.1) is 12.5 Å². The number of aliphatic carboxylic acids is 1. The zero-order valence-electron chi connectivity index (χ0n) is 7.23. The van der Waals surface area contributed by atoms with Crippen LogP contribution in [0.15, 0.2) is 0 Å². The minimum Gasteiger partial charge on any atom is -0.481 e. The minimum atomic E-state index is -0.825. The number of carboxylic acid groups (broad SMARTS) is 1. The van der Waals surface area contributed by atoms with Gasteiger partial charge < -0.3 is 15.1 Å². The predicted octanol–water partition coefficient (Wildman–Crippen LogP) is -0.226. The number of aliphatic hydroxyl groups excluding tert-OH is 1. The highest BCUT2D eigenvalue weighted by Crippen LogP contribution is 2.18. The lowest BCUT2D eigenvalue weighted by atomic mass is 9.92. The number of hydrogen-bond acceptors (Lipinski definition) is 3. The van der Waals surface area contributed by atoms with Gasteiger partial charge in [0.25, 0.3) is 0 Å². The van der Waals surface area contributed by atoms with Crippen LogP contribution < -0.4 is 0 Å². The average molecular weight is 173 g/mol. The van der Waals surface area contributed by atoms with Gasteiger partial charge in [-0.3, -0.25) is 4.79 Å². The fourth-order valence-electron chi connectivity index (χ4n) is 1.63. The maximum atomic E-state index is 10.4. The number of aliphatic hydroxyl groups is 1. The van der Waals surface area contributed by atoms with Crippen molar-refractivity contribution >= 4 is 5.97 Å². The molecule has 1 aliphatic rings. The zero-order chi connectivity index (χ0) is 9.14. The maximum absolute atomic E-state index is 10.4. The van der Waals surface area contributed by atoms with E-state index in [0.717, 1.165) is 6.54 Å². The van der Waals surface area contributed by atoms with Crippen LogP contribution in [0, 0.1) is 5.92 Å². The molecule has 2 N–H and O–H groups in total. The van der Waals surface area contributed by atoms with E-state index in [1.54, 1.807) is 0 Å². The summed E-state index contributed by atoms with van der Waals surface area (Å²) in [6.07, 6.45) is 0.331. The van der Waals surface area contributed by atoms with Crippen molar-refractivity contribution in [3.05, 3.63) is 0 Å². The fraction of sp³-hybridized carbons (Fsp3) is 0.875. The van der Waals surface area contributed by atoms with E-state index < -0.39 is 12.1 Å². The van der Waals surface area contributed by atoms with E-state index in [1.165, 1.54) is 0 Å². The quantitative estimate of drug-likeness (QED) is 0.605. The molecule has 0 amide bonds. The second kappa shape index (κ2) is 3.87. The molecule has 0 aromatic carbocycles.